The third-order valence-corrected chi connectivity index (χ3v) is 2.25. The molecule has 0 amide bonds. The first-order valence-electron chi connectivity index (χ1n) is 3.40. The molecule has 2 aromatic heterocycles. The Balaban J connectivity index is 2.76. The number of aromatic nitrogens is 3. The van der Waals surface area contributed by atoms with Crippen LogP contribution in [0.1, 0.15) is 10.4 Å². The molecule has 1 N–H and O–H groups in total. The minimum atomic E-state index is -0.989. The Labute approximate surface area is 81.1 Å². The van der Waals surface area contributed by atoms with E-state index < -0.39 is 5.97 Å². The van der Waals surface area contributed by atoms with Crippen LogP contribution in [0, 0.1) is 0 Å². The number of rotatable bonds is 1. The third-order valence-electron chi connectivity index (χ3n) is 1.61. The van der Waals surface area contributed by atoms with E-state index in [1.165, 1.54) is 12.4 Å². The largest absolute Gasteiger partial charge is 0.478 e. The summed E-state index contributed by atoms with van der Waals surface area (Å²) in [5.41, 5.74) is 0.695. The number of carboxylic acid groups (broad SMARTS) is 1. The van der Waals surface area contributed by atoms with Crippen LogP contribution in [0.5, 0.6) is 0 Å². The number of hydrogen-bond acceptors (Lipinski definition) is 3. The Morgan fingerprint density at radius 1 is 1.62 bits per heavy atom. The molecule has 0 aliphatic rings. The third kappa shape index (κ3) is 1.29. The van der Waals surface area contributed by atoms with Crippen LogP contribution in [0.2, 0.25) is 0 Å². The fraction of sp³-hybridized carbons (Fsp3) is 0. The SMILES string of the molecule is O=C(O)c1cc2nncn2cc1Br. The molecule has 0 fully saturated rings. The quantitative estimate of drug-likeness (QED) is 0.815. The summed E-state index contributed by atoms with van der Waals surface area (Å²) >= 11 is 3.15. The van der Waals surface area contributed by atoms with Gasteiger partial charge in [-0.05, 0) is 22.0 Å². The minimum Gasteiger partial charge on any atom is -0.478 e. The highest BCUT2D eigenvalue weighted by Crippen LogP contribution is 2.17. The van der Waals surface area contributed by atoms with Crippen molar-refractivity contribution in [2.45, 2.75) is 0 Å². The van der Waals surface area contributed by atoms with E-state index in [1.54, 1.807) is 10.6 Å². The number of hydrogen-bond donors (Lipinski definition) is 1. The van der Waals surface area contributed by atoms with Crippen molar-refractivity contribution in [1.82, 2.24) is 14.6 Å². The van der Waals surface area contributed by atoms with Crippen LogP contribution in [0.25, 0.3) is 5.65 Å². The van der Waals surface area contributed by atoms with Crippen molar-refractivity contribution in [3.8, 4) is 0 Å². The van der Waals surface area contributed by atoms with Crippen molar-refractivity contribution in [3.05, 3.63) is 28.6 Å². The molecule has 0 aliphatic heterocycles. The van der Waals surface area contributed by atoms with E-state index in [1.807, 2.05) is 0 Å². The fourth-order valence-corrected chi connectivity index (χ4v) is 1.51. The molecule has 0 atom stereocenters. The van der Waals surface area contributed by atoms with Gasteiger partial charge in [-0.15, -0.1) is 10.2 Å². The van der Waals surface area contributed by atoms with Crippen molar-refractivity contribution in [3.63, 3.8) is 0 Å². The lowest BCUT2D eigenvalue weighted by atomic mass is 10.3. The molecule has 0 spiro atoms. The number of carboxylic acids is 1. The van der Waals surface area contributed by atoms with Crippen molar-refractivity contribution >= 4 is 27.5 Å². The lowest BCUT2D eigenvalue weighted by Gasteiger charge is -1.98. The normalized spacial score (nSPS) is 10.5. The Kier molecular flexibility index (Phi) is 1.77. The van der Waals surface area contributed by atoms with Crippen molar-refractivity contribution in [1.29, 1.82) is 0 Å². The molecule has 66 valence electrons. The van der Waals surface area contributed by atoms with Crippen LogP contribution < -0.4 is 0 Å². The summed E-state index contributed by atoms with van der Waals surface area (Å²) in [6.07, 6.45) is 3.12. The van der Waals surface area contributed by atoms with Crippen LogP contribution >= 0.6 is 15.9 Å². The van der Waals surface area contributed by atoms with E-state index in [-0.39, 0.29) is 5.56 Å². The standard InChI is InChI=1S/C7H4BrN3O2/c8-5-2-11-3-9-10-6(11)1-4(5)7(12)13/h1-3H,(H,12,13). The van der Waals surface area contributed by atoms with Gasteiger partial charge in [-0.2, -0.15) is 0 Å². The second-order valence-corrected chi connectivity index (χ2v) is 3.29. The highest BCUT2D eigenvalue weighted by molar-refractivity contribution is 9.10. The Morgan fingerprint density at radius 3 is 3.08 bits per heavy atom. The lowest BCUT2D eigenvalue weighted by molar-refractivity contribution is 0.0696. The summed E-state index contributed by atoms with van der Waals surface area (Å²) in [4.78, 5) is 10.7. The molecule has 0 saturated carbocycles. The van der Waals surface area contributed by atoms with Crippen molar-refractivity contribution in [2.75, 3.05) is 0 Å². The fourth-order valence-electron chi connectivity index (χ4n) is 1.01. The van der Waals surface area contributed by atoms with Gasteiger partial charge in [0.15, 0.2) is 5.65 Å². The van der Waals surface area contributed by atoms with E-state index in [0.29, 0.717) is 10.1 Å². The maximum atomic E-state index is 10.7. The van der Waals surface area contributed by atoms with E-state index >= 15 is 0 Å². The van der Waals surface area contributed by atoms with E-state index in [2.05, 4.69) is 26.1 Å². The Bertz CT molecular complexity index is 480. The van der Waals surface area contributed by atoms with E-state index in [4.69, 9.17) is 5.11 Å². The average molecular weight is 242 g/mol. The summed E-state index contributed by atoms with van der Waals surface area (Å²) in [7, 11) is 0. The van der Waals surface area contributed by atoms with E-state index in [0.717, 1.165) is 0 Å². The first kappa shape index (κ1) is 8.18. The van der Waals surface area contributed by atoms with Gasteiger partial charge < -0.3 is 5.11 Å². The van der Waals surface area contributed by atoms with Crippen molar-refractivity contribution < 1.29 is 9.90 Å². The molecule has 2 aromatic rings. The first-order valence-corrected chi connectivity index (χ1v) is 4.20. The lowest BCUT2D eigenvalue weighted by Crippen LogP contribution is -1.99. The highest BCUT2D eigenvalue weighted by atomic mass is 79.9. The van der Waals surface area contributed by atoms with Crippen LogP contribution in [-0.2, 0) is 0 Å². The maximum Gasteiger partial charge on any atom is 0.337 e. The zero-order valence-electron chi connectivity index (χ0n) is 6.31. The molecule has 2 rings (SSSR count). The van der Waals surface area contributed by atoms with Gasteiger partial charge in [-0.25, -0.2) is 4.79 Å². The predicted octanol–water partition coefficient (Wildman–Crippen LogP) is 1.19. The van der Waals surface area contributed by atoms with Crippen LogP contribution in [0.4, 0.5) is 0 Å². The molecule has 0 aromatic carbocycles. The number of fused-ring (bicyclic) bond motifs is 1. The van der Waals surface area contributed by atoms with Gasteiger partial charge in [0.05, 0.1) is 5.56 Å². The van der Waals surface area contributed by atoms with Gasteiger partial charge >= 0.3 is 5.97 Å². The van der Waals surface area contributed by atoms with Crippen LogP contribution in [-0.4, -0.2) is 25.7 Å². The van der Waals surface area contributed by atoms with Gasteiger partial charge in [-0.1, -0.05) is 0 Å². The van der Waals surface area contributed by atoms with Gasteiger partial charge in [0, 0.05) is 10.7 Å². The highest BCUT2D eigenvalue weighted by Gasteiger charge is 2.10. The molecular weight excluding hydrogens is 238 g/mol. The molecule has 0 bridgehead atoms. The molecule has 13 heavy (non-hydrogen) atoms. The molecule has 0 aliphatic carbocycles. The van der Waals surface area contributed by atoms with Crippen LogP contribution in [0.15, 0.2) is 23.1 Å². The van der Waals surface area contributed by atoms with Crippen LogP contribution in [0.3, 0.4) is 0 Å². The smallest absolute Gasteiger partial charge is 0.337 e. The Morgan fingerprint density at radius 2 is 2.38 bits per heavy atom. The van der Waals surface area contributed by atoms with Crippen molar-refractivity contribution in [2.24, 2.45) is 0 Å². The summed E-state index contributed by atoms with van der Waals surface area (Å²) in [6.45, 7) is 0. The van der Waals surface area contributed by atoms with E-state index in [9.17, 15) is 4.79 Å². The maximum absolute atomic E-state index is 10.7. The first-order chi connectivity index (χ1) is 6.18. The second kappa shape index (κ2) is 2.81. The Hall–Kier alpha value is -1.43. The predicted molar refractivity (Wildman–Crippen MR) is 47.6 cm³/mol. The topological polar surface area (TPSA) is 67.5 Å². The summed E-state index contributed by atoms with van der Waals surface area (Å²) < 4.78 is 2.14. The molecule has 2 heterocycles. The number of pyridine rings is 1. The van der Waals surface area contributed by atoms with Gasteiger partial charge in [0.25, 0.3) is 0 Å². The zero-order valence-corrected chi connectivity index (χ0v) is 7.89. The number of carbonyl (C=O) groups is 1. The molecule has 5 nitrogen and oxygen atoms in total. The summed E-state index contributed by atoms with van der Waals surface area (Å²) in [5.74, 6) is -0.989. The molecule has 0 radical (unpaired) electrons. The zero-order chi connectivity index (χ0) is 9.42. The molecule has 0 saturated heterocycles. The monoisotopic (exact) mass is 241 g/mol. The number of nitrogens with zero attached hydrogens (tertiary/aromatic N) is 3. The minimum absolute atomic E-state index is 0.181. The van der Waals surface area contributed by atoms with Gasteiger partial charge in [-0.3, -0.25) is 4.40 Å². The summed E-state index contributed by atoms with van der Waals surface area (Å²) in [6, 6.07) is 1.46. The van der Waals surface area contributed by atoms with Gasteiger partial charge in [0.1, 0.15) is 6.33 Å². The number of halogens is 1. The second-order valence-electron chi connectivity index (χ2n) is 2.44. The molecule has 6 heteroatoms. The summed E-state index contributed by atoms with van der Waals surface area (Å²) in [5, 5.41) is 16.1. The molecular formula is C7H4BrN3O2. The molecule has 0 unspecified atom stereocenters. The number of aromatic carboxylic acids is 1. The average Bonchev–Trinajstić information content (AvgIpc) is 2.48. The van der Waals surface area contributed by atoms with Gasteiger partial charge in [0.2, 0.25) is 0 Å².